The lowest BCUT2D eigenvalue weighted by molar-refractivity contribution is 0.253. The van der Waals surface area contributed by atoms with Crippen LogP contribution in [0.2, 0.25) is 0 Å². The topological polar surface area (TPSA) is 46.2 Å². The third kappa shape index (κ3) is 2.99. The van der Waals surface area contributed by atoms with Crippen molar-refractivity contribution in [3.63, 3.8) is 0 Å². The lowest BCUT2D eigenvalue weighted by Crippen LogP contribution is -2.24. The predicted molar refractivity (Wildman–Crippen MR) is 34.5 cm³/mol. The molecular weight excluding hydrogens is 102 g/mol. The molecule has 3 N–H and O–H groups in total. The normalized spacial score (nSPS) is 18.0. The maximum absolute atomic E-state index is 8.43. The van der Waals surface area contributed by atoms with Gasteiger partial charge in [0.25, 0.3) is 0 Å². The second kappa shape index (κ2) is 3.87. The number of nitrogens with two attached hydrogens (primary N) is 1. The predicted octanol–water partition coefficient (Wildman–Crippen LogP) is 0.352. The van der Waals surface area contributed by atoms with Crippen LogP contribution in [0.3, 0.4) is 0 Å². The Labute approximate surface area is 50.7 Å². The first-order chi connectivity index (χ1) is 3.68. The molecule has 2 heteroatoms. The summed E-state index contributed by atoms with van der Waals surface area (Å²) in [5.74, 6) is 0.444. The van der Waals surface area contributed by atoms with Gasteiger partial charge in [-0.1, -0.05) is 6.92 Å². The summed E-state index contributed by atoms with van der Waals surface area (Å²) in [6.45, 7) is 4.25. The zero-order chi connectivity index (χ0) is 6.57. The first kappa shape index (κ1) is 7.92. The summed E-state index contributed by atoms with van der Waals surface area (Å²) in [4.78, 5) is 0. The molecule has 0 amide bonds. The summed E-state index contributed by atoms with van der Waals surface area (Å²) in [7, 11) is 0. The van der Waals surface area contributed by atoms with Gasteiger partial charge in [-0.15, -0.1) is 0 Å². The number of hydrogen-bond acceptors (Lipinski definition) is 2. The Kier molecular flexibility index (Phi) is 3.83. The highest BCUT2D eigenvalue weighted by molar-refractivity contribution is 4.61. The minimum atomic E-state index is 0.210. The van der Waals surface area contributed by atoms with Gasteiger partial charge < -0.3 is 10.8 Å². The van der Waals surface area contributed by atoms with Crippen LogP contribution in [0.5, 0.6) is 0 Å². The molecule has 0 unspecified atom stereocenters. The molecule has 0 aliphatic rings. The fourth-order valence-corrected chi connectivity index (χ4v) is 0.467. The van der Waals surface area contributed by atoms with E-state index in [1.54, 1.807) is 0 Å². The van der Waals surface area contributed by atoms with Gasteiger partial charge in [0.05, 0.1) is 0 Å². The smallest absolute Gasteiger partial charge is 0.0434 e. The molecule has 8 heavy (non-hydrogen) atoms. The van der Waals surface area contributed by atoms with Crippen molar-refractivity contribution in [2.45, 2.75) is 26.3 Å². The van der Waals surface area contributed by atoms with E-state index < -0.39 is 0 Å². The van der Waals surface area contributed by atoms with E-state index in [0.29, 0.717) is 5.92 Å². The van der Waals surface area contributed by atoms with Gasteiger partial charge in [0.15, 0.2) is 0 Å². The summed E-state index contributed by atoms with van der Waals surface area (Å²) >= 11 is 0. The van der Waals surface area contributed by atoms with E-state index in [1.165, 1.54) is 0 Å². The van der Waals surface area contributed by atoms with E-state index in [9.17, 15) is 0 Å². The highest BCUT2D eigenvalue weighted by atomic mass is 16.3. The largest absolute Gasteiger partial charge is 0.396 e. The summed E-state index contributed by atoms with van der Waals surface area (Å²) in [5.41, 5.74) is 5.51. The Morgan fingerprint density at radius 2 is 2.00 bits per heavy atom. The van der Waals surface area contributed by atoms with Crippen LogP contribution in [0, 0.1) is 5.92 Å². The fourth-order valence-electron chi connectivity index (χ4n) is 0.467. The molecule has 0 saturated heterocycles. The van der Waals surface area contributed by atoms with E-state index in [2.05, 4.69) is 0 Å². The highest BCUT2D eigenvalue weighted by Crippen LogP contribution is 2.03. The fraction of sp³-hybridized carbons (Fsp3) is 1.00. The first-order valence-corrected chi connectivity index (χ1v) is 3.05. The van der Waals surface area contributed by atoms with Crippen LogP contribution in [0.25, 0.3) is 0 Å². The van der Waals surface area contributed by atoms with Gasteiger partial charge in [0, 0.05) is 12.6 Å². The van der Waals surface area contributed by atoms with Crippen molar-refractivity contribution < 1.29 is 5.11 Å². The third-order valence-electron chi connectivity index (χ3n) is 1.48. The molecule has 0 aromatic heterocycles. The molecule has 0 spiro atoms. The quantitative estimate of drug-likeness (QED) is 0.560. The Bertz CT molecular complexity index is 54.5. The molecule has 0 saturated carbocycles. The maximum Gasteiger partial charge on any atom is 0.0434 e. The lowest BCUT2D eigenvalue weighted by Gasteiger charge is -2.12. The van der Waals surface area contributed by atoms with Crippen molar-refractivity contribution >= 4 is 0 Å². The molecule has 0 aromatic carbocycles. The number of aliphatic hydroxyl groups excluding tert-OH is 1. The van der Waals surface area contributed by atoms with Crippen LogP contribution in [-0.4, -0.2) is 17.8 Å². The van der Waals surface area contributed by atoms with Crippen LogP contribution in [0.15, 0.2) is 0 Å². The number of rotatable bonds is 3. The summed E-state index contributed by atoms with van der Waals surface area (Å²) < 4.78 is 0. The maximum atomic E-state index is 8.43. The van der Waals surface area contributed by atoms with Crippen LogP contribution in [0.4, 0.5) is 0 Å². The van der Waals surface area contributed by atoms with Gasteiger partial charge in [-0.05, 0) is 19.3 Å². The van der Waals surface area contributed by atoms with Gasteiger partial charge in [-0.3, -0.25) is 0 Å². The molecule has 0 fully saturated rings. The van der Waals surface area contributed by atoms with Crippen LogP contribution < -0.4 is 5.73 Å². The SMILES string of the molecule is C[C@@H](N)[C@@H](C)CCO. The van der Waals surface area contributed by atoms with E-state index in [-0.39, 0.29) is 12.6 Å². The third-order valence-corrected chi connectivity index (χ3v) is 1.48. The molecule has 0 aromatic rings. The first-order valence-electron chi connectivity index (χ1n) is 3.05. The molecule has 0 heterocycles. The number of hydrogen-bond donors (Lipinski definition) is 2. The van der Waals surface area contributed by atoms with Gasteiger partial charge in [-0.2, -0.15) is 0 Å². The molecule has 0 bridgehead atoms. The summed E-state index contributed by atoms with van der Waals surface area (Å²) in [6, 6.07) is 0.210. The molecule has 0 radical (unpaired) electrons. The second-order valence-corrected chi connectivity index (χ2v) is 2.35. The van der Waals surface area contributed by atoms with Crippen molar-refractivity contribution in [1.29, 1.82) is 0 Å². The Morgan fingerprint density at radius 1 is 1.50 bits per heavy atom. The summed E-state index contributed by atoms with van der Waals surface area (Å²) in [5, 5.41) is 8.43. The summed E-state index contributed by atoms with van der Waals surface area (Å²) in [6.07, 6.45) is 0.817. The van der Waals surface area contributed by atoms with E-state index in [0.717, 1.165) is 6.42 Å². The van der Waals surface area contributed by atoms with E-state index >= 15 is 0 Å². The molecule has 0 aliphatic carbocycles. The zero-order valence-electron chi connectivity index (χ0n) is 5.59. The monoisotopic (exact) mass is 117 g/mol. The Hall–Kier alpha value is -0.0800. The average molecular weight is 117 g/mol. The standard InChI is InChI=1S/C6H15NO/c1-5(3-4-8)6(2)7/h5-6,8H,3-4,7H2,1-2H3/t5-,6+/m0/s1. The second-order valence-electron chi connectivity index (χ2n) is 2.35. The van der Waals surface area contributed by atoms with Gasteiger partial charge in [0.2, 0.25) is 0 Å². The molecule has 2 nitrogen and oxygen atoms in total. The molecule has 2 atom stereocenters. The van der Waals surface area contributed by atoms with E-state index in [1.807, 2.05) is 13.8 Å². The van der Waals surface area contributed by atoms with Crippen molar-refractivity contribution in [1.82, 2.24) is 0 Å². The minimum Gasteiger partial charge on any atom is -0.396 e. The van der Waals surface area contributed by atoms with Crippen LogP contribution in [-0.2, 0) is 0 Å². The molecule has 50 valence electrons. The number of aliphatic hydroxyl groups is 1. The molecular formula is C6H15NO. The van der Waals surface area contributed by atoms with Crippen LogP contribution >= 0.6 is 0 Å². The van der Waals surface area contributed by atoms with Crippen LogP contribution in [0.1, 0.15) is 20.3 Å². The van der Waals surface area contributed by atoms with Crippen molar-refractivity contribution in [3.8, 4) is 0 Å². The lowest BCUT2D eigenvalue weighted by atomic mass is 10.0. The van der Waals surface area contributed by atoms with Crippen molar-refractivity contribution in [2.75, 3.05) is 6.61 Å². The molecule has 0 rings (SSSR count). The van der Waals surface area contributed by atoms with Crippen molar-refractivity contribution in [2.24, 2.45) is 11.7 Å². The van der Waals surface area contributed by atoms with Gasteiger partial charge in [0.1, 0.15) is 0 Å². The molecule has 0 aliphatic heterocycles. The Balaban J connectivity index is 3.17. The average Bonchev–Trinajstić information content (AvgIpc) is 1.67. The van der Waals surface area contributed by atoms with E-state index in [4.69, 9.17) is 10.8 Å². The zero-order valence-corrected chi connectivity index (χ0v) is 5.59. The van der Waals surface area contributed by atoms with Crippen molar-refractivity contribution in [3.05, 3.63) is 0 Å². The Morgan fingerprint density at radius 3 is 2.12 bits per heavy atom. The minimum absolute atomic E-state index is 0.210. The van der Waals surface area contributed by atoms with Gasteiger partial charge in [-0.25, -0.2) is 0 Å². The van der Waals surface area contributed by atoms with Gasteiger partial charge >= 0.3 is 0 Å². The highest BCUT2D eigenvalue weighted by Gasteiger charge is 2.04.